The van der Waals surface area contributed by atoms with Gasteiger partial charge >= 0.3 is 0 Å². The van der Waals surface area contributed by atoms with Crippen molar-refractivity contribution in [2.75, 3.05) is 18.0 Å². The number of fused-ring (bicyclic) bond motifs is 1. The summed E-state index contributed by atoms with van der Waals surface area (Å²) in [5, 5.41) is 3.66. The van der Waals surface area contributed by atoms with E-state index in [0.29, 0.717) is 23.2 Å². The van der Waals surface area contributed by atoms with E-state index in [2.05, 4.69) is 5.32 Å². The summed E-state index contributed by atoms with van der Waals surface area (Å²) in [4.78, 5) is 1.95. The van der Waals surface area contributed by atoms with Gasteiger partial charge in [0.25, 0.3) is 0 Å². The van der Waals surface area contributed by atoms with E-state index >= 15 is 0 Å². The van der Waals surface area contributed by atoms with Crippen LogP contribution in [0.5, 0.6) is 0 Å². The Kier molecular flexibility index (Phi) is 4.20. The monoisotopic (exact) mass is 302 g/mol. The summed E-state index contributed by atoms with van der Waals surface area (Å²) >= 11 is 0. The van der Waals surface area contributed by atoms with Crippen LogP contribution in [-0.2, 0) is 0 Å². The zero-order chi connectivity index (χ0) is 13.6. The third kappa shape index (κ3) is 2.36. The van der Waals surface area contributed by atoms with Gasteiger partial charge in [-0.2, -0.15) is 0 Å². The molecule has 1 aliphatic heterocycles. The number of hydrogen-bond donors (Lipinski definition) is 1. The predicted molar refractivity (Wildman–Crippen MR) is 77.7 cm³/mol. The standard InChI is InChI=1S/C14H16F2N2O.ClH/c1-8-7-18(9(2)6-17-8)13-12(16)5-11(15)10-3-4-19-14(10)13;/h3-5,8-9,17H,6-7H2,1-2H3;1H. The fourth-order valence-electron chi connectivity index (χ4n) is 2.65. The van der Waals surface area contributed by atoms with E-state index in [-0.39, 0.29) is 24.5 Å². The predicted octanol–water partition coefficient (Wildman–Crippen LogP) is 3.32. The Morgan fingerprint density at radius 2 is 2.05 bits per heavy atom. The van der Waals surface area contributed by atoms with Crippen LogP contribution in [0.25, 0.3) is 11.0 Å². The van der Waals surface area contributed by atoms with Crippen molar-refractivity contribution in [2.24, 2.45) is 0 Å². The highest BCUT2D eigenvalue weighted by molar-refractivity contribution is 5.90. The highest BCUT2D eigenvalue weighted by Crippen LogP contribution is 2.34. The molecule has 2 atom stereocenters. The van der Waals surface area contributed by atoms with Gasteiger partial charge in [-0.25, -0.2) is 8.78 Å². The van der Waals surface area contributed by atoms with E-state index in [9.17, 15) is 8.78 Å². The molecule has 110 valence electrons. The summed E-state index contributed by atoms with van der Waals surface area (Å²) in [7, 11) is 0. The Morgan fingerprint density at radius 3 is 2.80 bits per heavy atom. The molecule has 1 aliphatic rings. The van der Waals surface area contributed by atoms with Gasteiger partial charge in [-0.05, 0) is 19.9 Å². The first-order chi connectivity index (χ1) is 9.08. The van der Waals surface area contributed by atoms with E-state index in [1.807, 2.05) is 18.7 Å². The maximum absolute atomic E-state index is 14.2. The van der Waals surface area contributed by atoms with E-state index in [1.54, 1.807) is 0 Å². The van der Waals surface area contributed by atoms with Crippen LogP contribution in [-0.4, -0.2) is 25.2 Å². The van der Waals surface area contributed by atoms with E-state index < -0.39 is 11.6 Å². The Balaban J connectivity index is 0.00000147. The van der Waals surface area contributed by atoms with E-state index in [0.717, 1.165) is 12.6 Å². The minimum Gasteiger partial charge on any atom is -0.462 e. The van der Waals surface area contributed by atoms with Gasteiger partial charge in [0, 0.05) is 31.2 Å². The quantitative estimate of drug-likeness (QED) is 0.876. The second-order valence-electron chi connectivity index (χ2n) is 5.16. The van der Waals surface area contributed by atoms with Crippen molar-refractivity contribution in [3.05, 3.63) is 30.0 Å². The van der Waals surface area contributed by atoms with Crippen molar-refractivity contribution in [2.45, 2.75) is 25.9 Å². The molecule has 0 bridgehead atoms. The second kappa shape index (κ2) is 5.58. The Labute approximate surface area is 122 Å². The van der Waals surface area contributed by atoms with Crippen LogP contribution in [0, 0.1) is 11.6 Å². The van der Waals surface area contributed by atoms with Crippen molar-refractivity contribution < 1.29 is 13.2 Å². The second-order valence-corrected chi connectivity index (χ2v) is 5.16. The molecule has 1 saturated heterocycles. The summed E-state index contributed by atoms with van der Waals surface area (Å²) in [6.07, 6.45) is 1.40. The number of nitrogens with zero attached hydrogens (tertiary/aromatic N) is 1. The molecule has 0 saturated carbocycles. The van der Waals surface area contributed by atoms with Crippen molar-refractivity contribution in [1.29, 1.82) is 0 Å². The molecule has 0 amide bonds. The van der Waals surface area contributed by atoms with Crippen LogP contribution in [0.2, 0.25) is 0 Å². The average Bonchev–Trinajstić information content (AvgIpc) is 2.83. The highest BCUT2D eigenvalue weighted by atomic mass is 35.5. The van der Waals surface area contributed by atoms with Crippen molar-refractivity contribution >= 4 is 29.1 Å². The molecule has 6 heteroatoms. The SMILES string of the molecule is CC1CN(c2c(F)cc(F)c3ccoc23)C(C)CN1.Cl. The summed E-state index contributed by atoms with van der Waals surface area (Å²) in [5.74, 6) is -1.15. The molecule has 2 unspecified atom stereocenters. The lowest BCUT2D eigenvalue weighted by molar-refractivity contribution is 0.419. The molecule has 20 heavy (non-hydrogen) atoms. The maximum Gasteiger partial charge on any atom is 0.163 e. The topological polar surface area (TPSA) is 28.4 Å². The molecule has 1 aromatic carbocycles. The van der Waals surface area contributed by atoms with Crippen LogP contribution in [0.1, 0.15) is 13.8 Å². The first-order valence-corrected chi connectivity index (χ1v) is 6.43. The first-order valence-electron chi connectivity index (χ1n) is 6.43. The largest absolute Gasteiger partial charge is 0.462 e. The van der Waals surface area contributed by atoms with E-state index in [1.165, 1.54) is 12.3 Å². The molecule has 0 radical (unpaired) electrons. The molecule has 0 spiro atoms. The van der Waals surface area contributed by atoms with Crippen LogP contribution in [0.4, 0.5) is 14.5 Å². The van der Waals surface area contributed by atoms with E-state index in [4.69, 9.17) is 4.42 Å². The molecule has 0 aliphatic carbocycles. The molecule has 3 nitrogen and oxygen atoms in total. The first kappa shape index (κ1) is 15.1. The third-order valence-electron chi connectivity index (χ3n) is 3.67. The lowest BCUT2D eigenvalue weighted by Gasteiger charge is -2.39. The molecule has 3 rings (SSSR count). The normalized spacial score (nSPS) is 22.9. The number of piperazine rings is 1. The molecule has 1 aromatic heterocycles. The number of furan rings is 1. The number of halogens is 3. The fraction of sp³-hybridized carbons (Fsp3) is 0.429. The summed E-state index contributed by atoms with van der Waals surface area (Å²) in [5.41, 5.74) is 0.653. The van der Waals surface area contributed by atoms with Crippen molar-refractivity contribution in [3.8, 4) is 0 Å². The van der Waals surface area contributed by atoms with Crippen molar-refractivity contribution in [1.82, 2.24) is 5.32 Å². The van der Waals surface area contributed by atoms with Crippen LogP contribution < -0.4 is 10.2 Å². The zero-order valence-electron chi connectivity index (χ0n) is 11.3. The summed E-state index contributed by atoms with van der Waals surface area (Å²) in [6, 6.07) is 2.85. The highest BCUT2D eigenvalue weighted by Gasteiger charge is 2.28. The van der Waals surface area contributed by atoms with Gasteiger partial charge in [0.05, 0.1) is 11.6 Å². The van der Waals surface area contributed by atoms with Crippen LogP contribution in [0.3, 0.4) is 0 Å². The molecular weight excluding hydrogens is 286 g/mol. The number of benzene rings is 1. The number of nitrogens with one attached hydrogen (secondary N) is 1. The number of rotatable bonds is 1. The number of anilines is 1. The Bertz CT molecular complexity index is 616. The fourth-order valence-corrected chi connectivity index (χ4v) is 2.65. The lowest BCUT2D eigenvalue weighted by Crippen LogP contribution is -2.54. The molecule has 2 heterocycles. The molecule has 1 fully saturated rings. The van der Waals surface area contributed by atoms with Crippen LogP contribution >= 0.6 is 12.4 Å². The Morgan fingerprint density at radius 1 is 1.30 bits per heavy atom. The number of hydrogen-bond acceptors (Lipinski definition) is 3. The van der Waals surface area contributed by atoms with Gasteiger partial charge in [0.2, 0.25) is 0 Å². The molecule has 2 aromatic rings. The summed E-state index contributed by atoms with van der Waals surface area (Å²) in [6.45, 7) is 5.48. The zero-order valence-corrected chi connectivity index (χ0v) is 12.1. The van der Waals surface area contributed by atoms with Gasteiger partial charge in [0.1, 0.15) is 11.5 Å². The maximum atomic E-state index is 14.2. The average molecular weight is 303 g/mol. The van der Waals surface area contributed by atoms with Gasteiger partial charge in [0.15, 0.2) is 11.4 Å². The van der Waals surface area contributed by atoms with Crippen LogP contribution in [0.15, 0.2) is 22.8 Å². The van der Waals surface area contributed by atoms with Gasteiger partial charge in [-0.15, -0.1) is 12.4 Å². The smallest absolute Gasteiger partial charge is 0.163 e. The lowest BCUT2D eigenvalue weighted by atomic mass is 10.1. The molecule has 1 N–H and O–H groups in total. The minimum atomic E-state index is -0.583. The van der Waals surface area contributed by atoms with Gasteiger partial charge < -0.3 is 14.6 Å². The Hall–Kier alpha value is -1.33. The molecular formula is C14H17ClF2N2O. The minimum absolute atomic E-state index is 0. The third-order valence-corrected chi connectivity index (χ3v) is 3.67. The summed E-state index contributed by atoms with van der Waals surface area (Å²) < 4.78 is 33.2. The van der Waals surface area contributed by atoms with Gasteiger partial charge in [-0.1, -0.05) is 0 Å². The van der Waals surface area contributed by atoms with Crippen molar-refractivity contribution in [3.63, 3.8) is 0 Å². The van der Waals surface area contributed by atoms with Gasteiger partial charge in [-0.3, -0.25) is 0 Å².